The first-order chi connectivity index (χ1) is 20.9. The number of carbonyl (C=O) groups excluding carboxylic acids is 3. The van der Waals surface area contributed by atoms with Crippen molar-refractivity contribution in [1.82, 2.24) is 10.2 Å². The van der Waals surface area contributed by atoms with E-state index in [0.29, 0.717) is 12.2 Å². The number of nitrogens with one attached hydrogen (secondary N) is 2. The molecule has 0 aliphatic rings. The van der Waals surface area contributed by atoms with Crippen LogP contribution in [0.4, 0.5) is 10.5 Å². The number of para-hydroxylation sites is 1. The maximum absolute atomic E-state index is 14.7. The minimum atomic E-state index is -0.948. The Balaban J connectivity index is 2.12. The lowest BCUT2D eigenvalue weighted by Crippen LogP contribution is -2.53. The monoisotopic (exact) mass is 599 g/mol. The molecule has 0 spiro atoms. The van der Waals surface area contributed by atoms with Crippen molar-refractivity contribution in [3.05, 3.63) is 101 Å². The summed E-state index contributed by atoms with van der Waals surface area (Å²) in [6.07, 6.45) is 3.29. The summed E-state index contributed by atoms with van der Waals surface area (Å²) in [5, 5.41) is 5.97. The standard InChI is InChI=1S/C37H49N3O4/c1-8-9-10-16-24-40(35(42)31(25-29-21-12-11-13-22-29)39-36(43)44-37(5,6)7)33(32-27(3)19-17-20-28(32)4)34(41)38-30-23-15-14-18-26(30)2/h11-15,17-23,31,33H,8-10,16,24-25H2,1-7H3,(H,38,41)(H,39,43). The Kier molecular flexibility index (Phi) is 12.6. The molecular weight excluding hydrogens is 550 g/mol. The summed E-state index contributed by atoms with van der Waals surface area (Å²) >= 11 is 0. The number of alkyl carbamates (subject to hydrolysis) is 1. The van der Waals surface area contributed by atoms with Crippen molar-refractivity contribution in [3.8, 4) is 0 Å². The van der Waals surface area contributed by atoms with E-state index in [2.05, 4.69) is 17.6 Å². The van der Waals surface area contributed by atoms with Crippen LogP contribution in [-0.4, -0.2) is 41.0 Å². The molecule has 44 heavy (non-hydrogen) atoms. The van der Waals surface area contributed by atoms with Crippen molar-refractivity contribution in [3.63, 3.8) is 0 Å². The van der Waals surface area contributed by atoms with Gasteiger partial charge in [0.25, 0.3) is 5.91 Å². The van der Waals surface area contributed by atoms with E-state index in [9.17, 15) is 14.4 Å². The van der Waals surface area contributed by atoms with Crippen LogP contribution in [0, 0.1) is 20.8 Å². The Morgan fingerprint density at radius 1 is 0.795 bits per heavy atom. The van der Waals surface area contributed by atoms with Gasteiger partial charge in [-0.15, -0.1) is 0 Å². The average Bonchev–Trinajstić information content (AvgIpc) is 2.96. The smallest absolute Gasteiger partial charge is 0.408 e. The summed E-state index contributed by atoms with van der Waals surface area (Å²) in [5.41, 5.74) is 4.40. The van der Waals surface area contributed by atoms with E-state index in [1.807, 2.05) is 93.6 Å². The van der Waals surface area contributed by atoms with Gasteiger partial charge in [0.05, 0.1) is 0 Å². The fourth-order valence-electron chi connectivity index (χ4n) is 5.38. The van der Waals surface area contributed by atoms with E-state index in [4.69, 9.17) is 4.74 Å². The minimum Gasteiger partial charge on any atom is -0.444 e. The minimum absolute atomic E-state index is 0.253. The van der Waals surface area contributed by atoms with Crippen molar-refractivity contribution in [2.75, 3.05) is 11.9 Å². The molecule has 3 aromatic carbocycles. The Morgan fingerprint density at radius 3 is 2.02 bits per heavy atom. The highest BCUT2D eigenvalue weighted by atomic mass is 16.6. The van der Waals surface area contributed by atoms with Crippen LogP contribution in [-0.2, 0) is 20.7 Å². The quantitative estimate of drug-likeness (QED) is 0.196. The van der Waals surface area contributed by atoms with Gasteiger partial charge in [-0.1, -0.05) is 92.9 Å². The van der Waals surface area contributed by atoms with Crippen LogP contribution in [0.1, 0.15) is 87.2 Å². The molecule has 0 bridgehead atoms. The predicted octanol–water partition coefficient (Wildman–Crippen LogP) is 7.84. The van der Waals surface area contributed by atoms with E-state index in [1.54, 1.807) is 25.7 Å². The van der Waals surface area contributed by atoms with Gasteiger partial charge in [-0.2, -0.15) is 0 Å². The van der Waals surface area contributed by atoms with Crippen molar-refractivity contribution < 1.29 is 19.1 Å². The summed E-state index contributed by atoms with van der Waals surface area (Å²) in [5.74, 6) is -0.625. The Labute approximate surface area is 263 Å². The van der Waals surface area contributed by atoms with Crippen molar-refractivity contribution in [1.29, 1.82) is 0 Å². The molecule has 0 saturated heterocycles. The first kappa shape index (κ1) is 34.4. The molecule has 0 heterocycles. The molecule has 3 rings (SSSR count). The third-order valence-electron chi connectivity index (χ3n) is 7.59. The SMILES string of the molecule is CCCCCCN(C(=O)C(Cc1ccccc1)NC(=O)OC(C)(C)C)C(C(=O)Nc1ccccc1C)c1c(C)cccc1C. The fourth-order valence-corrected chi connectivity index (χ4v) is 5.38. The maximum atomic E-state index is 14.7. The first-order valence-corrected chi connectivity index (χ1v) is 15.7. The third-order valence-corrected chi connectivity index (χ3v) is 7.59. The molecule has 0 aliphatic carbocycles. The van der Waals surface area contributed by atoms with Crippen LogP contribution in [0.2, 0.25) is 0 Å². The van der Waals surface area contributed by atoms with Crippen LogP contribution in [0.25, 0.3) is 0 Å². The number of nitrogens with zero attached hydrogens (tertiary/aromatic N) is 1. The van der Waals surface area contributed by atoms with Gasteiger partial charge in [0.15, 0.2) is 0 Å². The molecule has 7 heteroatoms. The number of anilines is 1. The van der Waals surface area contributed by atoms with E-state index >= 15 is 0 Å². The number of hydrogen-bond acceptors (Lipinski definition) is 4. The highest BCUT2D eigenvalue weighted by Gasteiger charge is 2.37. The highest BCUT2D eigenvalue weighted by Crippen LogP contribution is 2.31. The lowest BCUT2D eigenvalue weighted by Gasteiger charge is -2.36. The highest BCUT2D eigenvalue weighted by molar-refractivity contribution is 5.99. The van der Waals surface area contributed by atoms with Crippen LogP contribution in [0.15, 0.2) is 72.8 Å². The third kappa shape index (κ3) is 9.97. The molecule has 0 fully saturated rings. The number of ether oxygens (including phenoxy) is 1. The Bertz CT molecular complexity index is 1380. The Hall–Kier alpha value is -4.13. The van der Waals surface area contributed by atoms with Crippen LogP contribution >= 0.6 is 0 Å². The fraction of sp³-hybridized carbons (Fsp3) is 0.432. The van der Waals surface area contributed by atoms with Crippen molar-refractivity contribution >= 4 is 23.6 Å². The lowest BCUT2D eigenvalue weighted by atomic mass is 9.92. The van der Waals surface area contributed by atoms with Crippen LogP contribution in [0.5, 0.6) is 0 Å². The molecule has 7 nitrogen and oxygen atoms in total. The number of carbonyl (C=O) groups is 3. The van der Waals surface area contributed by atoms with Crippen molar-refractivity contribution in [2.24, 2.45) is 0 Å². The molecule has 0 saturated carbocycles. The zero-order chi connectivity index (χ0) is 32.3. The average molecular weight is 600 g/mol. The normalized spacial score (nSPS) is 12.6. The number of benzene rings is 3. The van der Waals surface area contributed by atoms with Crippen molar-refractivity contribution in [2.45, 2.75) is 98.3 Å². The van der Waals surface area contributed by atoms with Gasteiger partial charge < -0.3 is 20.3 Å². The largest absolute Gasteiger partial charge is 0.444 e. The molecule has 0 radical (unpaired) electrons. The number of amides is 3. The lowest BCUT2D eigenvalue weighted by molar-refractivity contribution is -0.141. The molecule has 3 aromatic rings. The topological polar surface area (TPSA) is 87.7 Å². The second-order valence-corrected chi connectivity index (χ2v) is 12.5. The molecule has 2 atom stereocenters. The molecule has 3 amide bonds. The summed E-state index contributed by atoms with van der Waals surface area (Å²) in [4.78, 5) is 43.9. The molecule has 2 unspecified atom stereocenters. The van der Waals surface area contributed by atoms with E-state index < -0.39 is 23.8 Å². The second-order valence-electron chi connectivity index (χ2n) is 12.5. The van der Waals surface area contributed by atoms with Crippen LogP contribution in [0.3, 0.4) is 0 Å². The number of rotatable bonds is 13. The van der Waals surface area contributed by atoms with Gasteiger partial charge in [-0.3, -0.25) is 9.59 Å². The summed E-state index contributed by atoms with van der Waals surface area (Å²) in [6, 6.07) is 21.2. The Morgan fingerprint density at radius 2 is 1.41 bits per heavy atom. The number of unbranched alkanes of at least 4 members (excludes halogenated alkanes) is 3. The molecule has 236 valence electrons. The van der Waals surface area contributed by atoms with Crippen LogP contribution < -0.4 is 10.6 Å². The summed E-state index contributed by atoms with van der Waals surface area (Å²) in [6.45, 7) is 13.7. The number of aryl methyl sites for hydroxylation is 3. The molecule has 0 aliphatic heterocycles. The second kappa shape index (κ2) is 16.1. The zero-order valence-electron chi connectivity index (χ0n) is 27.4. The molecule has 0 aromatic heterocycles. The van der Waals surface area contributed by atoms with Gasteiger partial charge in [-0.25, -0.2) is 4.79 Å². The zero-order valence-corrected chi connectivity index (χ0v) is 27.4. The molecule has 2 N–H and O–H groups in total. The van der Waals surface area contributed by atoms with E-state index in [1.165, 1.54) is 0 Å². The summed E-state index contributed by atoms with van der Waals surface area (Å²) < 4.78 is 5.57. The van der Waals surface area contributed by atoms with E-state index in [0.717, 1.165) is 53.5 Å². The van der Waals surface area contributed by atoms with Gasteiger partial charge >= 0.3 is 6.09 Å². The van der Waals surface area contributed by atoms with Gasteiger partial charge in [0.2, 0.25) is 5.91 Å². The van der Waals surface area contributed by atoms with Gasteiger partial charge in [0.1, 0.15) is 17.7 Å². The first-order valence-electron chi connectivity index (χ1n) is 15.7. The maximum Gasteiger partial charge on any atom is 0.408 e. The predicted molar refractivity (Wildman–Crippen MR) is 178 cm³/mol. The summed E-state index contributed by atoms with van der Waals surface area (Å²) in [7, 11) is 0. The van der Waals surface area contributed by atoms with E-state index in [-0.39, 0.29) is 18.2 Å². The van der Waals surface area contributed by atoms with Gasteiger partial charge in [-0.05, 0) is 81.8 Å². The number of hydrogen-bond donors (Lipinski definition) is 2. The molecular formula is C37H49N3O4. The van der Waals surface area contributed by atoms with Gasteiger partial charge in [0, 0.05) is 18.7 Å².